The normalized spacial score (nSPS) is 50.6. The zero-order valence-corrected chi connectivity index (χ0v) is 39.2. The molecule has 5 aliphatic carbocycles. The van der Waals surface area contributed by atoms with E-state index in [-0.39, 0.29) is 35.0 Å². The van der Waals surface area contributed by atoms with Gasteiger partial charge in [0.2, 0.25) is 12.6 Å². The Kier molecular flexibility index (Phi) is 13.2. The Bertz CT molecular complexity index is 2040. The van der Waals surface area contributed by atoms with Crippen LogP contribution in [0, 0.1) is 50.2 Å². The number of carboxylic acid groups (broad SMARTS) is 3. The van der Waals surface area contributed by atoms with Crippen LogP contribution >= 0.6 is 0 Å². The third kappa shape index (κ3) is 7.68. The highest BCUT2D eigenvalue weighted by atomic mass is 16.8. The van der Waals surface area contributed by atoms with E-state index in [1.54, 1.807) is 6.92 Å². The monoisotopic (exact) mass is 968 g/mol. The van der Waals surface area contributed by atoms with Gasteiger partial charge in [0, 0.05) is 0 Å². The van der Waals surface area contributed by atoms with Crippen LogP contribution in [-0.2, 0) is 57.1 Å². The van der Waals surface area contributed by atoms with Crippen LogP contribution in [0.15, 0.2) is 11.6 Å². The van der Waals surface area contributed by atoms with Crippen LogP contribution in [0.5, 0.6) is 0 Å². The van der Waals surface area contributed by atoms with Crippen LogP contribution in [0.1, 0.15) is 106 Å². The van der Waals surface area contributed by atoms with Crippen LogP contribution in [0.2, 0.25) is 0 Å². The van der Waals surface area contributed by atoms with E-state index in [0.717, 1.165) is 12.7 Å². The van der Waals surface area contributed by atoms with E-state index >= 15 is 0 Å². The molecule has 0 amide bonds. The smallest absolute Gasteiger partial charge is 0.369 e. The molecule has 3 heterocycles. The van der Waals surface area contributed by atoms with Gasteiger partial charge in [0.05, 0.1) is 23.5 Å². The van der Waals surface area contributed by atoms with Gasteiger partial charge in [-0.15, -0.1) is 0 Å². The molecule has 4 saturated carbocycles. The average Bonchev–Trinajstić information content (AvgIpc) is 3.27. The lowest BCUT2D eigenvalue weighted by atomic mass is 9.33. The zero-order valence-electron chi connectivity index (χ0n) is 39.2. The van der Waals surface area contributed by atoms with Gasteiger partial charge < -0.3 is 83.9 Å². The van der Waals surface area contributed by atoms with E-state index in [4.69, 9.17) is 38.3 Å². The second-order valence-corrected chi connectivity index (χ2v) is 22.6. The molecule has 9 N–H and O–H groups in total. The molecule has 21 heteroatoms. The number of carbonyl (C=O) groups is 5. The molecule has 0 bridgehead atoms. The highest BCUT2D eigenvalue weighted by Crippen LogP contribution is 2.76. The number of esters is 1. The Morgan fingerprint density at radius 1 is 0.794 bits per heavy atom. The van der Waals surface area contributed by atoms with Crippen LogP contribution in [0.4, 0.5) is 0 Å². The lowest BCUT2D eigenvalue weighted by Gasteiger charge is -2.71. The third-order valence-electron chi connectivity index (χ3n) is 18.7. The fourth-order valence-electron chi connectivity index (χ4n) is 14.6. The number of carboxylic acids is 3. The number of aldehydes is 1. The molecular formula is C47H68O21. The SMILES string of the molecule is CC1(C)CC[C@]2(C(=O)O[C@@H]3O[C@H](CO)[C@@H](O)[C@H](O)[C@H]3O)CC[C@]3(C)C(=CC[C@@H]4[C@@]5(C)CC[C@H](O[C@@H]6O[C@H](C(=O)O)[C@H]7O[C@@](O)(C(=O)O)[C@@H](OCC(=O)O)O[C@@H]7[C@H]6O)[C@@](C)(C=O)C5CC[C@]43C)[C@@H]2C1. The summed E-state index contributed by atoms with van der Waals surface area (Å²) in [4.78, 5) is 64.2. The summed E-state index contributed by atoms with van der Waals surface area (Å²) < 4.78 is 39.6. The average molecular weight is 969 g/mol. The molecule has 382 valence electrons. The van der Waals surface area contributed by atoms with Crippen molar-refractivity contribution in [1.82, 2.24) is 0 Å². The van der Waals surface area contributed by atoms with Crippen molar-refractivity contribution in [1.29, 1.82) is 0 Å². The number of rotatable bonds is 11. The molecule has 68 heavy (non-hydrogen) atoms. The molecule has 0 aromatic carbocycles. The predicted molar refractivity (Wildman–Crippen MR) is 226 cm³/mol. The Morgan fingerprint density at radius 3 is 2.12 bits per heavy atom. The Labute approximate surface area is 393 Å². The van der Waals surface area contributed by atoms with Crippen molar-refractivity contribution < 1.29 is 103 Å². The molecule has 0 spiro atoms. The third-order valence-corrected chi connectivity index (χ3v) is 18.7. The van der Waals surface area contributed by atoms with Gasteiger partial charge in [0.25, 0.3) is 0 Å². The number of fused-ring (bicyclic) bond motifs is 8. The van der Waals surface area contributed by atoms with Gasteiger partial charge in [-0.25, -0.2) is 14.4 Å². The number of hydrogen-bond donors (Lipinski definition) is 9. The van der Waals surface area contributed by atoms with Gasteiger partial charge in [-0.05, 0) is 104 Å². The maximum atomic E-state index is 14.7. The van der Waals surface area contributed by atoms with Crippen molar-refractivity contribution in [3.63, 3.8) is 0 Å². The van der Waals surface area contributed by atoms with E-state index < -0.39 is 138 Å². The van der Waals surface area contributed by atoms with E-state index in [1.165, 1.54) is 5.57 Å². The lowest BCUT2D eigenvalue weighted by Crippen LogP contribution is -2.72. The van der Waals surface area contributed by atoms with Gasteiger partial charge in [0.1, 0.15) is 55.6 Å². The molecule has 1 unspecified atom stereocenters. The molecule has 0 aromatic heterocycles. The number of hydrogen-bond acceptors (Lipinski definition) is 18. The van der Waals surface area contributed by atoms with Crippen LogP contribution in [0.3, 0.4) is 0 Å². The highest BCUT2D eigenvalue weighted by molar-refractivity contribution is 5.79. The van der Waals surface area contributed by atoms with Gasteiger partial charge in [0.15, 0.2) is 12.4 Å². The Balaban J connectivity index is 1.05. The van der Waals surface area contributed by atoms with Crippen molar-refractivity contribution in [2.45, 2.75) is 185 Å². The second kappa shape index (κ2) is 17.5. The summed E-state index contributed by atoms with van der Waals surface area (Å²) in [5.41, 5.74) is -2.30. The summed E-state index contributed by atoms with van der Waals surface area (Å²) in [5, 5.41) is 93.2. The molecule has 8 aliphatic rings. The number of aliphatic carboxylic acids is 3. The topological polar surface area (TPSA) is 332 Å². The highest BCUT2D eigenvalue weighted by Gasteiger charge is 2.71. The lowest BCUT2D eigenvalue weighted by molar-refractivity contribution is -0.435. The van der Waals surface area contributed by atoms with Crippen molar-refractivity contribution in [2.24, 2.45) is 50.2 Å². The van der Waals surface area contributed by atoms with Gasteiger partial charge >= 0.3 is 29.7 Å². The van der Waals surface area contributed by atoms with E-state index in [9.17, 15) is 64.8 Å². The summed E-state index contributed by atoms with van der Waals surface area (Å²) in [6.45, 7) is 11.2. The van der Waals surface area contributed by atoms with Gasteiger partial charge in [-0.2, -0.15) is 0 Å². The van der Waals surface area contributed by atoms with Crippen molar-refractivity contribution >= 4 is 30.2 Å². The maximum Gasteiger partial charge on any atom is 0.369 e. The fourth-order valence-corrected chi connectivity index (χ4v) is 14.6. The second-order valence-electron chi connectivity index (χ2n) is 22.6. The summed E-state index contributed by atoms with van der Waals surface area (Å²) in [6.07, 6.45) is -11.6. The molecular weight excluding hydrogens is 900 g/mol. The van der Waals surface area contributed by atoms with Crippen LogP contribution in [-0.4, -0.2) is 169 Å². The number of ether oxygens (including phenoxy) is 7. The Morgan fingerprint density at radius 2 is 1.49 bits per heavy atom. The first-order valence-electron chi connectivity index (χ1n) is 23.7. The van der Waals surface area contributed by atoms with E-state index in [1.807, 2.05) is 0 Å². The fraction of sp³-hybridized carbons (Fsp3) is 0.851. The predicted octanol–water partition coefficient (Wildman–Crippen LogP) is 0.850. The molecule has 3 aliphatic heterocycles. The molecule has 21 atom stereocenters. The maximum absolute atomic E-state index is 14.7. The van der Waals surface area contributed by atoms with Crippen molar-refractivity contribution in [3.8, 4) is 0 Å². The van der Waals surface area contributed by atoms with Crippen LogP contribution < -0.4 is 0 Å². The number of aliphatic hydroxyl groups is 6. The first-order chi connectivity index (χ1) is 31.7. The molecule has 0 radical (unpaired) electrons. The largest absolute Gasteiger partial charge is 0.480 e. The first kappa shape index (κ1) is 51.2. The Hall–Kier alpha value is -3.19. The number of carbonyl (C=O) groups excluding carboxylic acids is 2. The molecule has 0 aromatic rings. The van der Waals surface area contributed by atoms with Gasteiger partial charge in [-0.1, -0.05) is 53.2 Å². The summed E-state index contributed by atoms with van der Waals surface area (Å²) in [7, 11) is 0. The number of allylic oxidation sites excluding steroid dienone is 2. The molecule has 7 fully saturated rings. The van der Waals surface area contributed by atoms with E-state index in [0.29, 0.717) is 51.4 Å². The summed E-state index contributed by atoms with van der Waals surface area (Å²) in [5.74, 6) is -9.71. The standard InChI is InChI=1S/C47H68O21/c1-41(2)13-15-46(39(60)67-36-30(54)29(53)28(52)23(18-48)63-36)16-14-44(5)21(22(46)17-41)7-8-25-42(3)11-10-26(43(4,20-49)24(42)9-12-45(25,44)6)64-37-31(55)32-33(34(65-37)35(56)57)68-47(61,38(58)59)40(66-32)62-19-27(50)51/h7,20,22-26,28-34,36-37,40,48,52-55,61H,8-19H2,1-6H3,(H,50,51)(H,56,57)(H,58,59)/t22-,23+,24?,25+,26-,28+,29-,30+,31+,32+,33-,34-,36-,37+,40-,42-,43-,44+,45+,46-,47-/m0/s1. The van der Waals surface area contributed by atoms with Crippen molar-refractivity contribution in [3.05, 3.63) is 11.6 Å². The zero-order chi connectivity index (χ0) is 49.9. The van der Waals surface area contributed by atoms with Crippen LogP contribution in [0.25, 0.3) is 0 Å². The van der Waals surface area contributed by atoms with E-state index in [2.05, 4.69) is 40.7 Å². The minimum Gasteiger partial charge on any atom is -0.480 e. The summed E-state index contributed by atoms with van der Waals surface area (Å²) in [6, 6.07) is 0. The van der Waals surface area contributed by atoms with Crippen molar-refractivity contribution in [2.75, 3.05) is 13.2 Å². The van der Waals surface area contributed by atoms with Gasteiger partial charge in [-0.3, -0.25) is 4.79 Å². The molecule has 3 saturated heterocycles. The minimum atomic E-state index is -3.39. The number of aliphatic hydroxyl groups excluding tert-OH is 5. The first-order valence-corrected chi connectivity index (χ1v) is 23.7. The molecule has 21 nitrogen and oxygen atoms in total. The molecule has 8 rings (SSSR count). The minimum absolute atomic E-state index is 0.0464. The quantitative estimate of drug-likeness (QED) is 0.0600. The summed E-state index contributed by atoms with van der Waals surface area (Å²) >= 11 is 0.